The maximum absolute atomic E-state index is 13.5. The molecular weight excluding hydrogens is 287 g/mol. The van der Waals surface area contributed by atoms with E-state index < -0.39 is 0 Å². The minimum atomic E-state index is -0.340. The SMILES string of the molecule is COc1cc(F)cc(CC(=O)C2CC3CCCC(C2)S3)c1. The first-order valence-corrected chi connectivity index (χ1v) is 8.60. The molecule has 2 atom stereocenters. The highest BCUT2D eigenvalue weighted by Crippen LogP contribution is 2.44. The monoisotopic (exact) mass is 308 g/mol. The maximum Gasteiger partial charge on any atom is 0.140 e. The van der Waals surface area contributed by atoms with Crippen LogP contribution in [0.5, 0.6) is 5.75 Å². The van der Waals surface area contributed by atoms with Crippen LogP contribution in [0.2, 0.25) is 0 Å². The van der Waals surface area contributed by atoms with Gasteiger partial charge in [0.05, 0.1) is 7.11 Å². The second-order valence-electron chi connectivity index (χ2n) is 6.12. The van der Waals surface area contributed by atoms with Gasteiger partial charge in [-0.25, -0.2) is 4.39 Å². The van der Waals surface area contributed by atoms with Gasteiger partial charge in [-0.1, -0.05) is 6.42 Å². The van der Waals surface area contributed by atoms with Gasteiger partial charge in [-0.05, 0) is 43.4 Å². The van der Waals surface area contributed by atoms with Gasteiger partial charge in [0.15, 0.2) is 0 Å². The molecule has 21 heavy (non-hydrogen) atoms. The van der Waals surface area contributed by atoms with Crippen LogP contribution in [0.4, 0.5) is 4.39 Å². The Bertz CT molecular complexity index is 520. The van der Waals surface area contributed by atoms with Gasteiger partial charge in [0.1, 0.15) is 17.3 Å². The van der Waals surface area contributed by atoms with Gasteiger partial charge in [0.2, 0.25) is 0 Å². The second kappa shape index (κ2) is 6.39. The van der Waals surface area contributed by atoms with Crippen molar-refractivity contribution in [1.29, 1.82) is 0 Å². The number of hydrogen-bond acceptors (Lipinski definition) is 3. The average Bonchev–Trinajstić information content (AvgIpc) is 2.46. The summed E-state index contributed by atoms with van der Waals surface area (Å²) in [5, 5.41) is 1.32. The molecule has 1 aromatic carbocycles. The van der Waals surface area contributed by atoms with Crippen LogP contribution in [0.15, 0.2) is 18.2 Å². The van der Waals surface area contributed by atoms with Gasteiger partial charge < -0.3 is 4.74 Å². The van der Waals surface area contributed by atoms with Crippen molar-refractivity contribution >= 4 is 17.5 Å². The van der Waals surface area contributed by atoms with E-state index in [2.05, 4.69) is 11.8 Å². The smallest absolute Gasteiger partial charge is 0.140 e. The summed E-state index contributed by atoms with van der Waals surface area (Å²) >= 11 is 2.08. The van der Waals surface area contributed by atoms with Gasteiger partial charge in [-0.15, -0.1) is 0 Å². The fraction of sp³-hybridized carbons (Fsp3) is 0.588. The summed E-state index contributed by atoms with van der Waals surface area (Å²) in [6.45, 7) is 0. The first kappa shape index (κ1) is 14.9. The van der Waals surface area contributed by atoms with E-state index in [1.54, 1.807) is 6.07 Å². The number of carbonyl (C=O) groups excluding carboxylic acids is 1. The standard InChI is InChI=1S/C17H21FO2S/c1-20-14-6-11(5-13(18)10-14)7-17(19)12-8-15-3-2-4-16(9-12)21-15/h5-6,10,12,15-16H,2-4,7-9H2,1H3. The molecule has 0 aromatic heterocycles. The quantitative estimate of drug-likeness (QED) is 0.840. The van der Waals surface area contributed by atoms with E-state index >= 15 is 0 Å². The van der Waals surface area contributed by atoms with Crippen molar-refractivity contribution in [1.82, 2.24) is 0 Å². The highest BCUT2D eigenvalue weighted by atomic mass is 32.2. The minimum absolute atomic E-state index is 0.163. The van der Waals surface area contributed by atoms with E-state index in [1.807, 2.05) is 0 Å². The van der Waals surface area contributed by atoms with Crippen LogP contribution < -0.4 is 4.74 Å². The first-order chi connectivity index (χ1) is 10.1. The predicted octanol–water partition coefficient (Wildman–Crippen LogP) is 4.01. The Balaban J connectivity index is 1.67. The Kier molecular flexibility index (Phi) is 4.53. The lowest BCUT2D eigenvalue weighted by Gasteiger charge is -2.38. The molecule has 3 rings (SSSR count). The second-order valence-corrected chi connectivity index (χ2v) is 7.73. The number of fused-ring (bicyclic) bond motifs is 2. The van der Waals surface area contributed by atoms with Crippen LogP contribution >= 0.6 is 11.8 Å². The number of halogens is 1. The third-order valence-corrected chi connectivity index (χ3v) is 6.16. The van der Waals surface area contributed by atoms with Crippen molar-refractivity contribution in [2.24, 2.45) is 5.92 Å². The topological polar surface area (TPSA) is 26.3 Å². The molecule has 0 saturated carbocycles. The Hall–Kier alpha value is -1.03. The summed E-state index contributed by atoms with van der Waals surface area (Å²) < 4.78 is 18.6. The summed E-state index contributed by atoms with van der Waals surface area (Å²) in [6, 6.07) is 4.55. The molecule has 0 spiro atoms. The summed E-state index contributed by atoms with van der Waals surface area (Å²) in [6.07, 6.45) is 6.14. The van der Waals surface area contributed by atoms with Crippen LogP contribution in [-0.4, -0.2) is 23.4 Å². The van der Waals surface area contributed by atoms with Crippen LogP contribution in [0.25, 0.3) is 0 Å². The third-order valence-electron chi connectivity index (χ3n) is 4.53. The van der Waals surface area contributed by atoms with Crippen molar-refractivity contribution < 1.29 is 13.9 Å². The Morgan fingerprint density at radius 1 is 1.29 bits per heavy atom. The van der Waals surface area contributed by atoms with Crippen LogP contribution in [0, 0.1) is 11.7 Å². The van der Waals surface area contributed by atoms with E-state index in [1.165, 1.54) is 38.5 Å². The molecule has 4 heteroatoms. The zero-order valence-electron chi connectivity index (χ0n) is 12.3. The number of carbonyl (C=O) groups is 1. The fourth-order valence-electron chi connectivity index (χ4n) is 3.51. The van der Waals surface area contributed by atoms with Crippen molar-refractivity contribution in [2.45, 2.75) is 49.0 Å². The molecule has 2 fully saturated rings. The van der Waals surface area contributed by atoms with Gasteiger partial charge in [0.25, 0.3) is 0 Å². The van der Waals surface area contributed by atoms with Crippen molar-refractivity contribution in [3.05, 3.63) is 29.6 Å². The highest BCUT2D eigenvalue weighted by Gasteiger charge is 2.35. The Morgan fingerprint density at radius 3 is 2.67 bits per heavy atom. The molecule has 0 N–H and O–H groups in total. The molecule has 1 aromatic rings. The molecule has 2 heterocycles. The number of Topliss-reactive ketones (excluding diaryl/α,β-unsaturated/α-hetero) is 1. The Labute approximate surface area is 129 Å². The molecule has 2 bridgehead atoms. The maximum atomic E-state index is 13.5. The Morgan fingerprint density at radius 2 is 2.00 bits per heavy atom. The zero-order valence-corrected chi connectivity index (χ0v) is 13.1. The largest absolute Gasteiger partial charge is 0.497 e. The number of rotatable bonds is 4. The van der Waals surface area contributed by atoms with Gasteiger partial charge in [-0.2, -0.15) is 11.8 Å². The van der Waals surface area contributed by atoms with Gasteiger partial charge in [-0.3, -0.25) is 4.79 Å². The van der Waals surface area contributed by atoms with E-state index in [4.69, 9.17) is 4.74 Å². The molecule has 2 aliphatic heterocycles. The predicted molar refractivity (Wildman–Crippen MR) is 83.4 cm³/mol. The van der Waals surface area contributed by atoms with Crippen LogP contribution in [0.1, 0.15) is 37.7 Å². The summed E-state index contributed by atoms with van der Waals surface area (Å²) in [5.74, 6) is 0.567. The van der Waals surface area contributed by atoms with Gasteiger partial charge >= 0.3 is 0 Å². The lowest BCUT2D eigenvalue weighted by molar-refractivity contribution is -0.122. The molecule has 0 amide bonds. The molecular formula is C17H21FO2S. The van der Waals surface area contributed by atoms with Crippen LogP contribution in [-0.2, 0) is 11.2 Å². The number of ketones is 1. The number of ether oxygens (including phenoxy) is 1. The van der Waals surface area contributed by atoms with E-state index in [0.717, 1.165) is 18.4 Å². The molecule has 0 aliphatic carbocycles. The van der Waals surface area contributed by atoms with E-state index in [9.17, 15) is 9.18 Å². The normalized spacial score (nSPS) is 28.2. The number of benzene rings is 1. The molecule has 114 valence electrons. The first-order valence-electron chi connectivity index (χ1n) is 7.65. The molecule has 2 nitrogen and oxygen atoms in total. The number of thioether (sulfide) groups is 1. The summed E-state index contributed by atoms with van der Waals surface area (Å²) in [5.41, 5.74) is 0.722. The third kappa shape index (κ3) is 3.60. The number of methoxy groups -OCH3 is 1. The van der Waals surface area contributed by atoms with E-state index in [0.29, 0.717) is 22.7 Å². The lowest BCUT2D eigenvalue weighted by Crippen LogP contribution is -2.33. The van der Waals surface area contributed by atoms with Crippen molar-refractivity contribution in [3.63, 3.8) is 0 Å². The average molecular weight is 308 g/mol. The highest BCUT2D eigenvalue weighted by molar-refractivity contribution is 8.00. The van der Waals surface area contributed by atoms with Crippen molar-refractivity contribution in [2.75, 3.05) is 7.11 Å². The van der Waals surface area contributed by atoms with Crippen molar-refractivity contribution in [3.8, 4) is 5.75 Å². The minimum Gasteiger partial charge on any atom is -0.497 e. The number of hydrogen-bond donors (Lipinski definition) is 0. The summed E-state index contributed by atoms with van der Waals surface area (Å²) in [4.78, 5) is 12.5. The lowest BCUT2D eigenvalue weighted by atomic mass is 9.85. The summed E-state index contributed by atoms with van der Waals surface area (Å²) in [7, 11) is 1.51. The fourth-order valence-corrected chi connectivity index (χ4v) is 5.34. The van der Waals surface area contributed by atoms with E-state index in [-0.39, 0.29) is 17.5 Å². The van der Waals surface area contributed by atoms with Gasteiger partial charge in [0, 0.05) is 28.9 Å². The van der Waals surface area contributed by atoms with Crippen LogP contribution in [0.3, 0.4) is 0 Å². The zero-order chi connectivity index (χ0) is 14.8. The molecule has 2 aliphatic rings. The molecule has 0 radical (unpaired) electrons. The molecule has 2 saturated heterocycles. The molecule has 2 unspecified atom stereocenters.